The van der Waals surface area contributed by atoms with Gasteiger partial charge in [-0.1, -0.05) is 54.8 Å². The summed E-state index contributed by atoms with van der Waals surface area (Å²) in [5.41, 5.74) is 2.64. The molecule has 2 aliphatic heterocycles. The molecule has 0 unspecified atom stereocenters. The molecule has 0 radical (unpaired) electrons. The zero-order valence-electron chi connectivity index (χ0n) is 16.5. The smallest absolute Gasteiger partial charge is 0.286 e. The van der Waals surface area contributed by atoms with Gasteiger partial charge < -0.3 is 4.90 Å². The molecule has 1 fully saturated rings. The first-order chi connectivity index (χ1) is 14.0. The lowest BCUT2D eigenvalue weighted by molar-refractivity contribution is -0.123. The summed E-state index contributed by atoms with van der Waals surface area (Å²) in [5.74, 6) is -0.490. The number of hydrazone groups is 1. The minimum Gasteiger partial charge on any atom is -0.337 e. The van der Waals surface area contributed by atoms with Crippen molar-refractivity contribution in [2.75, 3.05) is 18.1 Å². The number of carbonyl (C=O) groups is 1. The highest BCUT2D eigenvalue weighted by atomic mass is 32.2. The first kappa shape index (κ1) is 19.6. The maximum absolute atomic E-state index is 13.2. The van der Waals surface area contributed by atoms with Gasteiger partial charge >= 0.3 is 0 Å². The van der Waals surface area contributed by atoms with E-state index >= 15 is 0 Å². The Hall–Kier alpha value is -2.67. The normalized spacial score (nSPS) is 18.6. The van der Waals surface area contributed by atoms with Gasteiger partial charge in [-0.3, -0.25) is 9.80 Å². The summed E-state index contributed by atoms with van der Waals surface area (Å²) in [6, 6.07) is 14.8. The Morgan fingerprint density at radius 2 is 1.62 bits per heavy atom. The number of hydrogen-bond donors (Lipinski definition) is 0. The van der Waals surface area contributed by atoms with Crippen LogP contribution in [0.3, 0.4) is 0 Å². The SMILES string of the molecule is Cc1ccc(CN2N=C(C(=O)N3CCCCCC3)S(=O)(=O)c3ccccc32)cc1. The van der Waals surface area contributed by atoms with Gasteiger partial charge in [0.2, 0.25) is 14.9 Å². The Bertz CT molecular complexity index is 1040. The minimum absolute atomic E-state index is 0.139. The molecule has 1 saturated heterocycles. The first-order valence-electron chi connectivity index (χ1n) is 10.0. The predicted molar refractivity (Wildman–Crippen MR) is 113 cm³/mol. The van der Waals surface area contributed by atoms with E-state index in [2.05, 4.69) is 5.10 Å². The quantitative estimate of drug-likeness (QED) is 0.775. The summed E-state index contributed by atoms with van der Waals surface area (Å²) >= 11 is 0. The number of nitrogens with zero attached hydrogens (tertiary/aromatic N) is 3. The van der Waals surface area contributed by atoms with Gasteiger partial charge in [-0.2, -0.15) is 5.10 Å². The summed E-state index contributed by atoms with van der Waals surface area (Å²) in [7, 11) is -3.96. The molecule has 1 amide bonds. The van der Waals surface area contributed by atoms with Crippen molar-refractivity contribution in [3.8, 4) is 0 Å². The van der Waals surface area contributed by atoms with Crippen molar-refractivity contribution >= 4 is 26.5 Å². The zero-order chi connectivity index (χ0) is 20.4. The highest BCUT2D eigenvalue weighted by Gasteiger charge is 2.39. The van der Waals surface area contributed by atoms with Gasteiger partial charge in [0.1, 0.15) is 0 Å². The van der Waals surface area contributed by atoms with Crippen molar-refractivity contribution in [3.63, 3.8) is 0 Å². The van der Waals surface area contributed by atoms with Crippen LogP contribution >= 0.6 is 0 Å². The lowest BCUT2D eigenvalue weighted by Crippen LogP contribution is -2.43. The molecular formula is C22H25N3O3S. The summed E-state index contributed by atoms with van der Waals surface area (Å²) < 4.78 is 26.4. The van der Waals surface area contributed by atoms with Gasteiger partial charge in [-0.05, 0) is 37.5 Å². The molecule has 6 nitrogen and oxygen atoms in total. The van der Waals surface area contributed by atoms with Gasteiger partial charge in [0.05, 0.1) is 17.1 Å². The summed E-state index contributed by atoms with van der Waals surface area (Å²) in [5, 5.41) is 5.63. The van der Waals surface area contributed by atoms with Crippen molar-refractivity contribution in [1.29, 1.82) is 0 Å². The van der Waals surface area contributed by atoms with Gasteiger partial charge in [0.15, 0.2) is 0 Å². The molecule has 29 heavy (non-hydrogen) atoms. The fraction of sp³-hybridized carbons (Fsp3) is 0.364. The molecule has 2 aromatic carbocycles. The summed E-state index contributed by atoms with van der Waals surface area (Å²) in [6.45, 7) is 3.56. The second kappa shape index (κ2) is 7.99. The predicted octanol–water partition coefficient (Wildman–Crippen LogP) is 3.51. The number of amides is 1. The zero-order valence-corrected chi connectivity index (χ0v) is 17.4. The van der Waals surface area contributed by atoms with Crippen LogP contribution in [0.25, 0.3) is 0 Å². The lowest BCUT2D eigenvalue weighted by atomic mass is 10.1. The van der Waals surface area contributed by atoms with E-state index in [4.69, 9.17) is 0 Å². The third-order valence-electron chi connectivity index (χ3n) is 5.43. The topological polar surface area (TPSA) is 70.1 Å². The number of sulfone groups is 1. The van der Waals surface area contributed by atoms with E-state index in [0.717, 1.165) is 36.8 Å². The van der Waals surface area contributed by atoms with Crippen LogP contribution in [-0.4, -0.2) is 37.4 Å². The Morgan fingerprint density at radius 1 is 0.966 bits per heavy atom. The fourth-order valence-corrected chi connectivity index (χ4v) is 5.25. The molecule has 7 heteroatoms. The molecule has 0 aliphatic carbocycles. The molecule has 0 bridgehead atoms. The number of carbonyl (C=O) groups excluding carboxylic acids is 1. The van der Waals surface area contributed by atoms with E-state index in [9.17, 15) is 13.2 Å². The van der Waals surface area contributed by atoms with Crippen LogP contribution in [0.5, 0.6) is 0 Å². The fourth-order valence-electron chi connectivity index (χ4n) is 3.77. The summed E-state index contributed by atoms with van der Waals surface area (Å²) in [4.78, 5) is 14.9. The molecule has 0 saturated carbocycles. The van der Waals surface area contributed by atoms with Crippen LogP contribution in [-0.2, 0) is 21.2 Å². The molecule has 2 aromatic rings. The Kier molecular flexibility index (Phi) is 5.41. The standard InChI is InChI=1S/C22H25N3O3S/c1-17-10-12-18(13-11-17)16-25-19-8-4-5-9-20(19)29(27,28)21(23-25)22(26)24-14-6-2-3-7-15-24/h4-5,8-13H,2-3,6-7,14-16H2,1H3. The number of hydrogen-bond acceptors (Lipinski definition) is 5. The van der Waals surface area contributed by atoms with E-state index in [1.807, 2.05) is 31.2 Å². The van der Waals surface area contributed by atoms with Crippen molar-refractivity contribution in [1.82, 2.24) is 4.90 Å². The highest BCUT2D eigenvalue weighted by Crippen LogP contribution is 2.33. The van der Waals surface area contributed by atoms with Crippen molar-refractivity contribution in [2.45, 2.75) is 44.0 Å². The molecule has 2 heterocycles. The van der Waals surface area contributed by atoms with E-state index in [1.54, 1.807) is 34.2 Å². The number of benzene rings is 2. The molecular weight excluding hydrogens is 386 g/mol. The largest absolute Gasteiger partial charge is 0.337 e. The summed E-state index contributed by atoms with van der Waals surface area (Å²) in [6.07, 6.45) is 3.91. The second-order valence-corrected chi connectivity index (χ2v) is 9.46. The van der Waals surface area contributed by atoms with Crippen LogP contribution in [0, 0.1) is 6.92 Å². The lowest BCUT2D eigenvalue weighted by Gasteiger charge is -2.29. The van der Waals surface area contributed by atoms with Crippen molar-refractivity contribution in [2.24, 2.45) is 5.10 Å². The number of fused-ring (bicyclic) bond motifs is 1. The molecule has 2 aliphatic rings. The highest BCUT2D eigenvalue weighted by molar-refractivity contribution is 8.08. The van der Waals surface area contributed by atoms with Gasteiger partial charge in [0.25, 0.3) is 5.91 Å². The van der Waals surface area contributed by atoms with Crippen molar-refractivity contribution < 1.29 is 13.2 Å². The maximum Gasteiger partial charge on any atom is 0.286 e. The average Bonchev–Trinajstić information content (AvgIpc) is 3.01. The van der Waals surface area contributed by atoms with Crippen LogP contribution in [0.2, 0.25) is 0 Å². The van der Waals surface area contributed by atoms with Gasteiger partial charge in [-0.15, -0.1) is 0 Å². The number of anilines is 1. The Labute approximate surface area is 171 Å². The average molecular weight is 412 g/mol. The third kappa shape index (κ3) is 3.92. The van der Waals surface area contributed by atoms with Crippen LogP contribution in [0.4, 0.5) is 5.69 Å². The van der Waals surface area contributed by atoms with Crippen molar-refractivity contribution in [3.05, 3.63) is 59.7 Å². The monoisotopic (exact) mass is 411 g/mol. The van der Waals surface area contributed by atoms with E-state index in [0.29, 0.717) is 25.3 Å². The van der Waals surface area contributed by atoms with Gasteiger partial charge in [0, 0.05) is 13.1 Å². The molecule has 0 N–H and O–H groups in total. The van der Waals surface area contributed by atoms with E-state index in [-0.39, 0.29) is 9.94 Å². The second-order valence-electron chi connectivity index (χ2n) is 7.63. The maximum atomic E-state index is 13.2. The van der Waals surface area contributed by atoms with Crippen LogP contribution in [0.15, 0.2) is 58.5 Å². The Morgan fingerprint density at radius 3 is 2.31 bits per heavy atom. The van der Waals surface area contributed by atoms with Gasteiger partial charge in [-0.25, -0.2) is 8.42 Å². The molecule has 152 valence electrons. The number of aryl methyl sites for hydroxylation is 1. The number of rotatable bonds is 3. The number of likely N-dealkylation sites (tertiary alicyclic amines) is 1. The first-order valence-corrected chi connectivity index (χ1v) is 11.5. The number of para-hydroxylation sites is 1. The van der Waals surface area contributed by atoms with E-state index < -0.39 is 15.7 Å². The molecule has 0 spiro atoms. The molecule has 4 rings (SSSR count). The van der Waals surface area contributed by atoms with E-state index in [1.165, 1.54) is 0 Å². The molecule has 0 aromatic heterocycles. The third-order valence-corrected chi connectivity index (χ3v) is 7.12. The van der Waals surface area contributed by atoms with Crippen LogP contribution in [0.1, 0.15) is 36.8 Å². The molecule has 0 atom stereocenters. The minimum atomic E-state index is -3.96. The van der Waals surface area contributed by atoms with Crippen LogP contribution < -0.4 is 5.01 Å². The Balaban J connectivity index is 1.74.